The fourth-order valence-electron chi connectivity index (χ4n) is 1.98. The summed E-state index contributed by atoms with van der Waals surface area (Å²) in [5, 5.41) is 7.28. The Kier molecular flexibility index (Phi) is 3.91. The van der Waals surface area contributed by atoms with Gasteiger partial charge in [-0.1, -0.05) is 16.8 Å². The number of hydrogen-bond donors (Lipinski definition) is 1. The number of rotatable bonds is 5. The third-order valence-corrected chi connectivity index (χ3v) is 4.16. The molecule has 1 atom stereocenters. The maximum absolute atomic E-state index is 6.02. The molecule has 3 aromatic heterocycles. The van der Waals surface area contributed by atoms with E-state index >= 15 is 0 Å². The molecule has 0 spiro atoms. The lowest BCUT2D eigenvalue weighted by Gasteiger charge is -2.13. The van der Waals surface area contributed by atoms with Crippen molar-refractivity contribution in [2.45, 2.75) is 19.5 Å². The SMILES string of the molecule is Cc1cc(CNC(c2ccco2)c2ccc(Cl)s2)on1. The van der Waals surface area contributed by atoms with E-state index in [0.29, 0.717) is 6.54 Å². The van der Waals surface area contributed by atoms with Crippen LogP contribution < -0.4 is 5.32 Å². The summed E-state index contributed by atoms with van der Waals surface area (Å²) in [6.07, 6.45) is 1.66. The van der Waals surface area contributed by atoms with E-state index in [4.69, 9.17) is 20.5 Å². The fraction of sp³-hybridized carbons (Fsp3) is 0.214. The van der Waals surface area contributed by atoms with Gasteiger partial charge in [-0.25, -0.2) is 0 Å². The van der Waals surface area contributed by atoms with Gasteiger partial charge in [0.05, 0.1) is 22.8 Å². The molecule has 4 nitrogen and oxygen atoms in total. The van der Waals surface area contributed by atoms with E-state index in [2.05, 4.69) is 10.5 Å². The largest absolute Gasteiger partial charge is 0.467 e. The van der Waals surface area contributed by atoms with Crippen LogP contribution in [0.15, 0.2) is 45.5 Å². The van der Waals surface area contributed by atoms with Gasteiger partial charge in [0.2, 0.25) is 0 Å². The standard InChI is InChI=1S/C14H13ClN2O2S/c1-9-7-10(19-17-9)8-16-14(11-3-2-6-18-11)12-4-5-13(15)20-12/h2-7,14,16H,8H2,1H3. The molecular weight excluding hydrogens is 296 g/mol. The average Bonchev–Trinajstić information content (AvgIpc) is 3.13. The highest BCUT2D eigenvalue weighted by atomic mass is 35.5. The highest BCUT2D eigenvalue weighted by molar-refractivity contribution is 7.16. The van der Waals surface area contributed by atoms with E-state index in [0.717, 1.165) is 26.4 Å². The predicted octanol–water partition coefficient (Wildman–Crippen LogP) is 4.17. The van der Waals surface area contributed by atoms with Gasteiger partial charge in [-0.15, -0.1) is 11.3 Å². The minimum Gasteiger partial charge on any atom is -0.467 e. The molecular formula is C14H13ClN2O2S. The number of aryl methyl sites for hydroxylation is 1. The second kappa shape index (κ2) is 5.83. The van der Waals surface area contributed by atoms with Gasteiger partial charge in [-0.2, -0.15) is 0 Å². The fourth-order valence-corrected chi connectivity index (χ4v) is 3.13. The first-order valence-electron chi connectivity index (χ1n) is 6.16. The topological polar surface area (TPSA) is 51.2 Å². The van der Waals surface area contributed by atoms with E-state index in [1.165, 1.54) is 11.3 Å². The quantitative estimate of drug-likeness (QED) is 0.768. The van der Waals surface area contributed by atoms with Crippen molar-refractivity contribution in [3.63, 3.8) is 0 Å². The molecule has 0 bridgehead atoms. The van der Waals surface area contributed by atoms with E-state index in [1.807, 2.05) is 37.3 Å². The molecule has 0 aliphatic heterocycles. The molecule has 0 aliphatic carbocycles. The van der Waals surface area contributed by atoms with Crippen molar-refractivity contribution < 1.29 is 8.94 Å². The summed E-state index contributed by atoms with van der Waals surface area (Å²) >= 11 is 7.55. The highest BCUT2D eigenvalue weighted by Crippen LogP contribution is 2.31. The molecule has 3 heterocycles. The lowest BCUT2D eigenvalue weighted by molar-refractivity contribution is 0.358. The van der Waals surface area contributed by atoms with Crippen LogP contribution in [0.5, 0.6) is 0 Å². The summed E-state index contributed by atoms with van der Waals surface area (Å²) in [6, 6.07) is 9.56. The Bertz CT molecular complexity index is 675. The van der Waals surface area contributed by atoms with Crippen molar-refractivity contribution in [2.24, 2.45) is 0 Å². The number of nitrogens with zero attached hydrogens (tertiary/aromatic N) is 1. The smallest absolute Gasteiger partial charge is 0.150 e. The molecule has 104 valence electrons. The summed E-state index contributed by atoms with van der Waals surface area (Å²) in [5.74, 6) is 1.64. The van der Waals surface area contributed by atoms with E-state index in [1.54, 1.807) is 6.26 Å². The first-order valence-corrected chi connectivity index (χ1v) is 7.36. The molecule has 0 saturated heterocycles. The number of halogens is 1. The van der Waals surface area contributed by atoms with Crippen molar-refractivity contribution in [3.8, 4) is 0 Å². The van der Waals surface area contributed by atoms with Gasteiger partial charge < -0.3 is 8.94 Å². The van der Waals surface area contributed by atoms with Gasteiger partial charge in [0.15, 0.2) is 5.76 Å². The molecule has 20 heavy (non-hydrogen) atoms. The van der Waals surface area contributed by atoms with Crippen molar-refractivity contribution in [1.82, 2.24) is 10.5 Å². The maximum atomic E-state index is 6.02. The van der Waals surface area contributed by atoms with Crippen LogP contribution in [0.2, 0.25) is 4.34 Å². The van der Waals surface area contributed by atoms with E-state index in [9.17, 15) is 0 Å². The molecule has 1 N–H and O–H groups in total. The van der Waals surface area contributed by atoms with Crippen LogP contribution in [0.1, 0.15) is 28.1 Å². The zero-order valence-electron chi connectivity index (χ0n) is 10.8. The van der Waals surface area contributed by atoms with Crippen molar-refractivity contribution >= 4 is 22.9 Å². The van der Waals surface area contributed by atoms with E-state index in [-0.39, 0.29) is 6.04 Å². The highest BCUT2D eigenvalue weighted by Gasteiger charge is 2.19. The number of thiophene rings is 1. The summed E-state index contributed by atoms with van der Waals surface area (Å²) in [7, 11) is 0. The third kappa shape index (κ3) is 2.95. The number of furan rings is 1. The van der Waals surface area contributed by atoms with Crippen LogP contribution in [0, 0.1) is 6.92 Å². The molecule has 3 aromatic rings. The summed E-state index contributed by atoms with van der Waals surface area (Å²) in [6.45, 7) is 2.47. The van der Waals surface area contributed by atoms with Crippen LogP contribution in [0.3, 0.4) is 0 Å². The molecule has 0 amide bonds. The Morgan fingerprint density at radius 2 is 2.30 bits per heavy atom. The monoisotopic (exact) mass is 308 g/mol. The lowest BCUT2D eigenvalue weighted by Crippen LogP contribution is -2.20. The number of hydrogen-bond acceptors (Lipinski definition) is 5. The van der Waals surface area contributed by atoms with Crippen LogP contribution >= 0.6 is 22.9 Å². The first kappa shape index (κ1) is 13.4. The van der Waals surface area contributed by atoms with E-state index < -0.39 is 0 Å². The van der Waals surface area contributed by atoms with Crippen molar-refractivity contribution in [3.05, 3.63) is 63.0 Å². The Morgan fingerprint density at radius 3 is 2.90 bits per heavy atom. The number of nitrogens with one attached hydrogen (secondary N) is 1. The molecule has 0 saturated carbocycles. The van der Waals surface area contributed by atoms with Crippen LogP contribution in [-0.2, 0) is 6.54 Å². The minimum absolute atomic E-state index is 0.0482. The second-order valence-electron chi connectivity index (χ2n) is 4.41. The molecule has 0 radical (unpaired) electrons. The van der Waals surface area contributed by atoms with Gasteiger partial charge in [-0.05, 0) is 31.2 Å². The molecule has 0 aromatic carbocycles. The Balaban J connectivity index is 1.79. The van der Waals surface area contributed by atoms with Crippen molar-refractivity contribution in [2.75, 3.05) is 0 Å². The predicted molar refractivity (Wildman–Crippen MR) is 78.0 cm³/mol. The maximum Gasteiger partial charge on any atom is 0.150 e. The van der Waals surface area contributed by atoms with Gasteiger partial charge in [0.25, 0.3) is 0 Å². The van der Waals surface area contributed by atoms with Gasteiger partial charge in [-0.3, -0.25) is 5.32 Å². The first-order chi connectivity index (χ1) is 9.72. The molecule has 1 unspecified atom stereocenters. The second-order valence-corrected chi connectivity index (χ2v) is 6.15. The van der Waals surface area contributed by atoms with Gasteiger partial charge >= 0.3 is 0 Å². The molecule has 6 heteroatoms. The Labute approximate surface area is 125 Å². The molecule has 0 aliphatic rings. The van der Waals surface area contributed by atoms with Gasteiger partial charge in [0.1, 0.15) is 11.8 Å². The van der Waals surface area contributed by atoms with Crippen LogP contribution in [0.25, 0.3) is 0 Å². The lowest BCUT2D eigenvalue weighted by atomic mass is 10.2. The minimum atomic E-state index is -0.0482. The summed E-state index contributed by atoms with van der Waals surface area (Å²) in [5.41, 5.74) is 0.871. The van der Waals surface area contributed by atoms with Gasteiger partial charge in [0, 0.05) is 10.9 Å². The zero-order chi connectivity index (χ0) is 13.9. The zero-order valence-corrected chi connectivity index (χ0v) is 12.4. The van der Waals surface area contributed by atoms with Crippen LogP contribution in [-0.4, -0.2) is 5.16 Å². The summed E-state index contributed by atoms with van der Waals surface area (Å²) < 4.78 is 11.5. The third-order valence-electron chi connectivity index (χ3n) is 2.86. The number of aromatic nitrogens is 1. The van der Waals surface area contributed by atoms with Crippen LogP contribution in [0.4, 0.5) is 0 Å². The Morgan fingerprint density at radius 1 is 1.40 bits per heavy atom. The normalized spacial score (nSPS) is 12.7. The average molecular weight is 309 g/mol. The molecule has 3 rings (SSSR count). The molecule has 0 fully saturated rings. The van der Waals surface area contributed by atoms with Crippen molar-refractivity contribution in [1.29, 1.82) is 0 Å². The summed E-state index contributed by atoms with van der Waals surface area (Å²) in [4.78, 5) is 1.10. The Hall–Kier alpha value is -1.56.